The zero-order valence-corrected chi connectivity index (χ0v) is 24.0. The van der Waals surface area contributed by atoms with Crippen LogP contribution in [-0.4, -0.2) is 29.6 Å². The summed E-state index contributed by atoms with van der Waals surface area (Å²) in [5, 5.41) is 15.5. The normalized spacial score (nSPS) is 43.9. The average molecular weight is 488 g/mol. The van der Waals surface area contributed by atoms with Crippen molar-refractivity contribution in [2.75, 3.05) is 6.54 Å². The molecule has 4 saturated carbocycles. The lowest BCUT2D eigenvalue weighted by Crippen LogP contribution is -2.59. The maximum Gasteiger partial charge on any atom is 0.132 e. The van der Waals surface area contributed by atoms with Crippen LogP contribution in [0.15, 0.2) is 0 Å². The van der Waals surface area contributed by atoms with E-state index in [1.807, 2.05) is 6.92 Å². The van der Waals surface area contributed by atoms with Crippen molar-refractivity contribution in [3.05, 3.63) is 0 Å². The lowest BCUT2D eigenvalue weighted by molar-refractivity contribution is -0.167. The third-order valence-corrected chi connectivity index (χ3v) is 12.1. The molecule has 0 aromatic rings. The SMILES string of the molecule is CCC(=O)CC[C@@H](C)[C@H]1CCC2C3C(O)C[C@@H]4CC(NCCCC(C)C)CC[C@]4(C)C3CC[C@@]21C. The van der Waals surface area contributed by atoms with E-state index in [0.717, 1.165) is 37.6 Å². The monoisotopic (exact) mass is 487 g/mol. The van der Waals surface area contributed by atoms with Crippen LogP contribution in [0.5, 0.6) is 0 Å². The second-order valence-electron chi connectivity index (χ2n) is 14.4. The van der Waals surface area contributed by atoms with Gasteiger partial charge in [0.25, 0.3) is 0 Å². The first-order chi connectivity index (χ1) is 16.6. The van der Waals surface area contributed by atoms with Crippen LogP contribution in [0.2, 0.25) is 0 Å². The highest BCUT2D eigenvalue weighted by molar-refractivity contribution is 5.77. The Balaban J connectivity index is 1.40. The highest BCUT2D eigenvalue weighted by atomic mass is 16.3. The quantitative estimate of drug-likeness (QED) is 0.315. The Labute approximate surface area is 217 Å². The molecule has 0 aliphatic heterocycles. The Morgan fingerprint density at radius 1 is 0.971 bits per heavy atom. The minimum atomic E-state index is -0.113. The van der Waals surface area contributed by atoms with Gasteiger partial charge in [0.1, 0.15) is 5.78 Å². The van der Waals surface area contributed by atoms with E-state index >= 15 is 0 Å². The van der Waals surface area contributed by atoms with Crippen molar-refractivity contribution in [1.29, 1.82) is 0 Å². The molecule has 4 rings (SSSR count). The van der Waals surface area contributed by atoms with Crippen LogP contribution in [0.25, 0.3) is 0 Å². The number of rotatable bonds is 10. The van der Waals surface area contributed by atoms with Gasteiger partial charge in [-0.15, -0.1) is 0 Å². The van der Waals surface area contributed by atoms with Crippen molar-refractivity contribution in [1.82, 2.24) is 5.32 Å². The van der Waals surface area contributed by atoms with E-state index in [4.69, 9.17) is 0 Å². The number of aliphatic hydroxyl groups excluding tert-OH is 1. The number of carbonyl (C=O) groups excluding carboxylic acids is 1. The van der Waals surface area contributed by atoms with Crippen LogP contribution in [0.3, 0.4) is 0 Å². The smallest absolute Gasteiger partial charge is 0.132 e. The third kappa shape index (κ3) is 5.43. The summed E-state index contributed by atoms with van der Waals surface area (Å²) in [5.74, 6) is 5.12. The topological polar surface area (TPSA) is 49.3 Å². The van der Waals surface area contributed by atoms with E-state index in [1.54, 1.807) is 0 Å². The fourth-order valence-electron chi connectivity index (χ4n) is 9.97. The van der Waals surface area contributed by atoms with E-state index in [2.05, 4.69) is 39.9 Å². The Morgan fingerprint density at radius 2 is 1.69 bits per heavy atom. The van der Waals surface area contributed by atoms with Gasteiger partial charge in [0.15, 0.2) is 0 Å². The Morgan fingerprint density at radius 3 is 2.40 bits per heavy atom. The molecule has 0 radical (unpaired) electrons. The molecule has 10 atom stereocenters. The summed E-state index contributed by atoms with van der Waals surface area (Å²) < 4.78 is 0. The largest absolute Gasteiger partial charge is 0.393 e. The molecule has 0 spiro atoms. The number of Topliss-reactive ketones (excluding diaryl/α,β-unsaturated/α-hetero) is 1. The molecule has 3 nitrogen and oxygen atoms in total. The maximum atomic E-state index is 12.0. The second-order valence-corrected chi connectivity index (χ2v) is 14.4. The number of hydrogen-bond acceptors (Lipinski definition) is 3. The molecule has 4 fully saturated rings. The minimum absolute atomic E-state index is 0.113. The molecule has 0 bridgehead atoms. The first kappa shape index (κ1) is 27.6. The first-order valence-electron chi connectivity index (χ1n) is 15.5. The fourth-order valence-corrected chi connectivity index (χ4v) is 9.97. The summed E-state index contributed by atoms with van der Waals surface area (Å²) in [6.07, 6.45) is 15.2. The Bertz CT molecular complexity index is 720. The predicted molar refractivity (Wildman–Crippen MR) is 146 cm³/mol. The molecule has 4 aliphatic carbocycles. The number of carbonyl (C=O) groups is 1. The molecule has 0 aromatic carbocycles. The standard InChI is InChI=1S/C32H57NO2/c1-7-25(34)11-10-22(4)26-12-13-27-30-28(15-17-32(26,27)6)31(5)16-14-24(19-23(31)20-29(30)35)33-18-8-9-21(2)3/h21-24,26-30,33,35H,7-20H2,1-6H3/t22-,23+,24?,26-,27?,28?,29?,30?,31+,32-/m1/s1. The molecule has 5 unspecified atom stereocenters. The number of ketones is 1. The first-order valence-corrected chi connectivity index (χ1v) is 15.5. The van der Waals surface area contributed by atoms with Crippen molar-refractivity contribution in [2.24, 2.45) is 52.3 Å². The van der Waals surface area contributed by atoms with Gasteiger partial charge in [-0.2, -0.15) is 0 Å². The summed E-state index contributed by atoms with van der Waals surface area (Å²) in [4.78, 5) is 12.0. The van der Waals surface area contributed by atoms with Crippen LogP contribution >= 0.6 is 0 Å². The molecule has 0 heterocycles. The molecule has 2 N–H and O–H groups in total. The third-order valence-electron chi connectivity index (χ3n) is 12.1. The summed E-state index contributed by atoms with van der Waals surface area (Å²) in [5.41, 5.74) is 0.772. The van der Waals surface area contributed by atoms with Crippen LogP contribution in [0, 0.1) is 52.3 Å². The van der Waals surface area contributed by atoms with Crippen LogP contribution in [-0.2, 0) is 4.79 Å². The van der Waals surface area contributed by atoms with E-state index in [9.17, 15) is 9.90 Å². The van der Waals surface area contributed by atoms with Gasteiger partial charge in [0, 0.05) is 18.9 Å². The lowest BCUT2D eigenvalue weighted by Gasteiger charge is -2.62. The van der Waals surface area contributed by atoms with Gasteiger partial charge < -0.3 is 10.4 Å². The zero-order valence-electron chi connectivity index (χ0n) is 24.0. The van der Waals surface area contributed by atoms with Gasteiger partial charge in [0.05, 0.1) is 6.10 Å². The molecule has 3 heteroatoms. The van der Waals surface area contributed by atoms with E-state index in [0.29, 0.717) is 58.7 Å². The molecule has 0 aromatic heterocycles. The highest BCUT2D eigenvalue weighted by Gasteiger charge is 2.62. The maximum absolute atomic E-state index is 12.0. The van der Waals surface area contributed by atoms with Crippen molar-refractivity contribution in [3.63, 3.8) is 0 Å². The highest BCUT2D eigenvalue weighted by Crippen LogP contribution is 2.68. The Hall–Kier alpha value is -0.410. The van der Waals surface area contributed by atoms with Gasteiger partial charge in [-0.3, -0.25) is 4.79 Å². The molecule has 0 amide bonds. The predicted octanol–water partition coefficient (Wildman–Crippen LogP) is 7.41. The van der Waals surface area contributed by atoms with Gasteiger partial charge in [-0.1, -0.05) is 41.5 Å². The summed E-state index contributed by atoms with van der Waals surface area (Å²) in [6, 6.07) is 0.653. The molecular weight excluding hydrogens is 430 g/mol. The van der Waals surface area contributed by atoms with Crippen molar-refractivity contribution in [3.8, 4) is 0 Å². The summed E-state index contributed by atoms with van der Waals surface area (Å²) in [7, 11) is 0. The second kappa shape index (κ2) is 11.1. The van der Waals surface area contributed by atoms with E-state index < -0.39 is 0 Å². The molecule has 202 valence electrons. The fraction of sp³-hybridized carbons (Fsp3) is 0.969. The van der Waals surface area contributed by atoms with Crippen LogP contribution in [0.4, 0.5) is 0 Å². The average Bonchev–Trinajstić information content (AvgIpc) is 3.17. The zero-order chi connectivity index (χ0) is 25.4. The van der Waals surface area contributed by atoms with Crippen LogP contribution in [0.1, 0.15) is 125 Å². The molecule has 4 aliphatic rings. The van der Waals surface area contributed by atoms with Gasteiger partial charge in [-0.25, -0.2) is 0 Å². The minimum Gasteiger partial charge on any atom is -0.393 e. The molecular formula is C32H57NO2. The van der Waals surface area contributed by atoms with Crippen molar-refractivity contribution >= 4 is 5.78 Å². The van der Waals surface area contributed by atoms with Crippen molar-refractivity contribution < 1.29 is 9.90 Å². The van der Waals surface area contributed by atoms with E-state index in [-0.39, 0.29) is 6.10 Å². The van der Waals surface area contributed by atoms with Gasteiger partial charge >= 0.3 is 0 Å². The van der Waals surface area contributed by atoms with Crippen molar-refractivity contribution in [2.45, 2.75) is 137 Å². The number of fused-ring (bicyclic) bond motifs is 5. The Kier molecular flexibility index (Phi) is 8.79. The number of hydrogen-bond donors (Lipinski definition) is 2. The van der Waals surface area contributed by atoms with Gasteiger partial charge in [-0.05, 0) is 129 Å². The summed E-state index contributed by atoms with van der Waals surface area (Å²) in [6.45, 7) is 15.4. The van der Waals surface area contributed by atoms with Crippen LogP contribution < -0.4 is 5.32 Å². The lowest BCUT2D eigenvalue weighted by atomic mass is 9.43. The number of nitrogens with one attached hydrogen (secondary N) is 1. The van der Waals surface area contributed by atoms with E-state index in [1.165, 1.54) is 57.8 Å². The molecule has 0 saturated heterocycles. The molecule has 35 heavy (non-hydrogen) atoms. The summed E-state index contributed by atoms with van der Waals surface area (Å²) >= 11 is 0. The van der Waals surface area contributed by atoms with Gasteiger partial charge in [0.2, 0.25) is 0 Å². The number of aliphatic hydroxyl groups is 1.